The van der Waals surface area contributed by atoms with Gasteiger partial charge in [0, 0.05) is 0 Å². The van der Waals surface area contributed by atoms with Gasteiger partial charge < -0.3 is 5.73 Å². The van der Waals surface area contributed by atoms with Crippen LogP contribution in [0.4, 0.5) is 5.82 Å². The molecule has 0 fully saturated rings. The van der Waals surface area contributed by atoms with Crippen LogP contribution in [0.15, 0.2) is 41.4 Å². The molecule has 0 atom stereocenters. The summed E-state index contributed by atoms with van der Waals surface area (Å²) < 4.78 is 1.82. The number of nitrogens with two attached hydrogens (primary N) is 1. The molecule has 2 rings (SSSR count). The first-order chi connectivity index (χ1) is 7.31. The monoisotopic (exact) mass is 219 g/mol. The minimum absolute atomic E-state index is 0.729. The Kier molecular flexibility index (Phi) is 2.97. The maximum absolute atomic E-state index is 5.94. The second-order valence-corrected chi connectivity index (χ2v) is 4.09. The number of rotatable bonds is 3. The molecule has 1 heterocycles. The highest BCUT2D eigenvalue weighted by molar-refractivity contribution is 7.98. The van der Waals surface area contributed by atoms with E-state index in [9.17, 15) is 0 Å². The van der Waals surface area contributed by atoms with Crippen molar-refractivity contribution in [3.63, 3.8) is 0 Å². The SMILES string of the molecule is CSc1cnn(Cc2ccccc2)c1N. The first-order valence-electron chi connectivity index (χ1n) is 4.70. The summed E-state index contributed by atoms with van der Waals surface area (Å²) in [5, 5.41) is 4.25. The van der Waals surface area contributed by atoms with Crippen molar-refractivity contribution in [2.24, 2.45) is 0 Å². The molecule has 0 saturated carbocycles. The number of thioether (sulfide) groups is 1. The van der Waals surface area contributed by atoms with Gasteiger partial charge in [0.05, 0.1) is 17.6 Å². The van der Waals surface area contributed by atoms with E-state index in [4.69, 9.17) is 5.73 Å². The van der Waals surface area contributed by atoms with Crippen LogP contribution in [0.3, 0.4) is 0 Å². The van der Waals surface area contributed by atoms with Gasteiger partial charge in [0.25, 0.3) is 0 Å². The lowest BCUT2D eigenvalue weighted by Crippen LogP contribution is -2.05. The topological polar surface area (TPSA) is 43.8 Å². The molecule has 3 nitrogen and oxygen atoms in total. The zero-order chi connectivity index (χ0) is 10.7. The fourth-order valence-corrected chi connectivity index (χ4v) is 1.88. The highest BCUT2D eigenvalue weighted by Crippen LogP contribution is 2.22. The van der Waals surface area contributed by atoms with E-state index in [0.29, 0.717) is 0 Å². The standard InChI is InChI=1S/C11H13N3S/c1-15-10-7-13-14(11(10)12)8-9-5-3-2-4-6-9/h2-7H,8,12H2,1H3. The molecule has 2 aromatic rings. The number of aromatic nitrogens is 2. The third-order valence-corrected chi connectivity index (χ3v) is 2.99. The van der Waals surface area contributed by atoms with Gasteiger partial charge in [0.2, 0.25) is 0 Å². The Balaban J connectivity index is 2.21. The van der Waals surface area contributed by atoms with Crippen molar-refractivity contribution < 1.29 is 0 Å². The van der Waals surface area contributed by atoms with E-state index in [-0.39, 0.29) is 0 Å². The summed E-state index contributed by atoms with van der Waals surface area (Å²) in [7, 11) is 0. The minimum atomic E-state index is 0.729. The Labute approximate surface area is 93.3 Å². The van der Waals surface area contributed by atoms with E-state index in [1.54, 1.807) is 11.8 Å². The van der Waals surface area contributed by atoms with Gasteiger partial charge in [-0.05, 0) is 11.8 Å². The maximum atomic E-state index is 5.94. The van der Waals surface area contributed by atoms with Crippen LogP contribution in [0, 0.1) is 0 Å². The Morgan fingerprint density at radius 3 is 2.67 bits per heavy atom. The molecule has 15 heavy (non-hydrogen) atoms. The molecule has 0 radical (unpaired) electrons. The molecular formula is C11H13N3S. The summed E-state index contributed by atoms with van der Waals surface area (Å²) in [5.74, 6) is 0.742. The van der Waals surface area contributed by atoms with E-state index in [1.165, 1.54) is 5.56 Å². The van der Waals surface area contributed by atoms with Gasteiger partial charge in [-0.15, -0.1) is 11.8 Å². The first-order valence-corrected chi connectivity index (χ1v) is 5.93. The fourth-order valence-electron chi connectivity index (χ4n) is 1.42. The smallest absolute Gasteiger partial charge is 0.135 e. The quantitative estimate of drug-likeness (QED) is 0.805. The molecule has 2 N–H and O–H groups in total. The molecule has 1 aromatic carbocycles. The number of hydrogen-bond donors (Lipinski definition) is 1. The van der Waals surface area contributed by atoms with Crippen LogP contribution in [-0.2, 0) is 6.54 Å². The molecule has 0 aliphatic heterocycles. The highest BCUT2D eigenvalue weighted by atomic mass is 32.2. The predicted octanol–water partition coefficient (Wildman–Crippen LogP) is 2.24. The fraction of sp³-hybridized carbons (Fsp3) is 0.182. The van der Waals surface area contributed by atoms with Crippen molar-refractivity contribution in [2.45, 2.75) is 11.4 Å². The summed E-state index contributed by atoms with van der Waals surface area (Å²) in [4.78, 5) is 1.03. The van der Waals surface area contributed by atoms with Crippen LogP contribution in [0.1, 0.15) is 5.56 Å². The van der Waals surface area contributed by atoms with Gasteiger partial charge >= 0.3 is 0 Å². The Bertz CT molecular complexity index is 436. The molecule has 0 spiro atoms. The second kappa shape index (κ2) is 4.40. The Hall–Kier alpha value is -1.42. The molecule has 0 aliphatic carbocycles. The van der Waals surface area contributed by atoms with E-state index in [2.05, 4.69) is 17.2 Å². The number of anilines is 1. The Morgan fingerprint density at radius 1 is 1.33 bits per heavy atom. The molecule has 0 unspecified atom stereocenters. The van der Waals surface area contributed by atoms with Gasteiger partial charge in [-0.25, -0.2) is 4.68 Å². The lowest BCUT2D eigenvalue weighted by molar-refractivity contribution is 0.696. The largest absolute Gasteiger partial charge is 0.383 e. The van der Waals surface area contributed by atoms with Gasteiger partial charge in [0.15, 0.2) is 0 Å². The lowest BCUT2D eigenvalue weighted by Gasteiger charge is -2.04. The second-order valence-electron chi connectivity index (χ2n) is 3.24. The molecular weight excluding hydrogens is 206 g/mol. The molecule has 78 valence electrons. The zero-order valence-corrected chi connectivity index (χ0v) is 9.37. The molecule has 0 bridgehead atoms. The number of benzene rings is 1. The molecule has 0 aliphatic rings. The average Bonchev–Trinajstić information content (AvgIpc) is 2.62. The number of nitrogens with zero attached hydrogens (tertiary/aromatic N) is 2. The molecule has 0 saturated heterocycles. The average molecular weight is 219 g/mol. The van der Waals surface area contributed by atoms with Gasteiger partial charge in [-0.3, -0.25) is 0 Å². The predicted molar refractivity (Wildman–Crippen MR) is 64.0 cm³/mol. The van der Waals surface area contributed by atoms with Crippen molar-refractivity contribution in [3.8, 4) is 0 Å². The van der Waals surface area contributed by atoms with Gasteiger partial charge in [-0.2, -0.15) is 5.10 Å². The van der Waals surface area contributed by atoms with Crippen molar-refractivity contribution in [2.75, 3.05) is 12.0 Å². The zero-order valence-electron chi connectivity index (χ0n) is 8.55. The third kappa shape index (κ3) is 2.15. The third-order valence-electron chi connectivity index (χ3n) is 2.24. The van der Waals surface area contributed by atoms with Gasteiger partial charge in [-0.1, -0.05) is 30.3 Å². The number of nitrogen functional groups attached to an aromatic ring is 1. The molecule has 4 heteroatoms. The highest BCUT2D eigenvalue weighted by Gasteiger charge is 2.05. The first kappa shape index (κ1) is 10.1. The number of hydrogen-bond acceptors (Lipinski definition) is 3. The minimum Gasteiger partial charge on any atom is -0.383 e. The van der Waals surface area contributed by atoms with E-state index in [0.717, 1.165) is 17.3 Å². The van der Waals surface area contributed by atoms with Crippen molar-refractivity contribution >= 4 is 17.6 Å². The summed E-state index contributed by atoms with van der Waals surface area (Å²) >= 11 is 1.62. The van der Waals surface area contributed by atoms with Crippen molar-refractivity contribution in [1.82, 2.24) is 9.78 Å². The van der Waals surface area contributed by atoms with Crippen LogP contribution in [0.2, 0.25) is 0 Å². The normalized spacial score (nSPS) is 10.5. The van der Waals surface area contributed by atoms with Crippen LogP contribution >= 0.6 is 11.8 Å². The summed E-state index contributed by atoms with van der Waals surface area (Å²) in [5.41, 5.74) is 7.15. The molecule has 0 amide bonds. The van der Waals surface area contributed by atoms with Crippen LogP contribution in [0.5, 0.6) is 0 Å². The summed E-state index contributed by atoms with van der Waals surface area (Å²) in [6.45, 7) is 0.729. The van der Waals surface area contributed by atoms with Crippen molar-refractivity contribution in [3.05, 3.63) is 42.1 Å². The van der Waals surface area contributed by atoms with Crippen LogP contribution in [0.25, 0.3) is 0 Å². The lowest BCUT2D eigenvalue weighted by atomic mass is 10.2. The maximum Gasteiger partial charge on any atom is 0.135 e. The van der Waals surface area contributed by atoms with Crippen molar-refractivity contribution in [1.29, 1.82) is 0 Å². The van der Waals surface area contributed by atoms with Crippen LogP contribution in [-0.4, -0.2) is 16.0 Å². The van der Waals surface area contributed by atoms with E-state index in [1.807, 2.05) is 35.3 Å². The van der Waals surface area contributed by atoms with E-state index >= 15 is 0 Å². The Morgan fingerprint density at radius 2 is 2.07 bits per heavy atom. The summed E-state index contributed by atoms with van der Waals surface area (Å²) in [6.07, 6.45) is 3.81. The van der Waals surface area contributed by atoms with Crippen LogP contribution < -0.4 is 5.73 Å². The molecule has 1 aromatic heterocycles. The van der Waals surface area contributed by atoms with E-state index < -0.39 is 0 Å². The van der Waals surface area contributed by atoms with Gasteiger partial charge in [0.1, 0.15) is 5.82 Å². The summed E-state index contributed by atoms with van der Waals surface area (Å²) in [6, 6.07) is 10.2.